The summed E-state index contributed by atoms with van der Waals surface area (Å²) >= 11 is 5.55. The van der Waals surface area contributed by atoms with Crippen molar-refractivity contribution in [2.75, 3.05) is 13.1 Å². The number of hydrogen-bond donors (Lipinski definition) is 0. The minimum Gasteiger partial charge on any atom is -0.374 e. The van der Waals surface area contributed by atoms with Gasteiger partial charge in [-0.1, -0.05) is 22.8 Å². The second-order valence-corrected chi connectivity index (χ2v) is 9.60. The molecule has 1 aromatic heterocycles. The van der Waals surface area contributed by atoms with Gasteiger partial charge in [-0.2, -0.15) is 26.3 Å². The lowest BCUT2D eigenvalue weighted by Gasteiger charge is -2.44. The maximum Gasteiger partial charge on any atom is 0.435 e. The Balaban J connectivity index is 1.37. The zero-order chi connectivity index (χ0) is 26.1. The minimum absolute atomic E-state index is 0.0141. The highest BCUT2D eigenvalue weighted by Gasteiger charge is 2.62. The fourth-order valence-electron chi connectivity index (χ4n) is 4.35. The molecule has 1 unspecified atom stereocenters. The molecule has 1 saturated carbocycles. The Kier molecular flexibility index (Phi) is 5.55. The van der Waals surface area contributed by atoms with Crippen LogP contribution in [0.2, 0.25) is 5.02 Å². The number of nitrogens with zero attached hydrogens (tertiary/aromatic N) is 3. The van der Waals surface area contributed by atoms with E-state index in [4.69, 9.17) is 16.4 Å². The Hall–Kier alpha value is -2.89. The molecule has 13 heteroatoms. The number of likely N-dealkylation sites (tertiary alicyclic amines) is 1. The first kappa shape index (κ1) is 24.8. The van der Waals surface area contributed by atoms with Crippen molar-refractivity contribution in [3.05, 3.63) is 63.9 Å². The SMILES string of the molecule is O=C(C1CC1)N1CC(F)(c2ccc(C3=NOC(c4ccc(Cl)c(C(F)(F)F)c4)(C(F)(F)F)C3)cn2)C1. The van der Waals surface area contributed by atoms with Gasteiger partial charge in [0, 0.05) is 23.2 Å². The largest absolute Gasteiger partial charge is 0.435 e. The average Bonchev–Trinajstić information content (AvgIpc) is 3.53. The Bertz CT molecular complexity index is 1240. The first-order valence-electron chi connectivity index (χ1n) is 10.9. The zero-order valence-corrected chi connectivity index (χ0v) is 19.0. The zero-order valence-electron chi connectivity index (χ0n) is 18.3. The Morgan fingerprint density at radius 3 is 2.33 bits per heavy atom. The fourth-order valence-corrected chi connectivity index (χ4v) is 4.57. The molecule has 1 amide bonds. The average molecular weight is 536 g/mol. The van der Waals surface area contributed by atoms with Crippen molar-refractivity contribution in [1.29, 1.82) is 0 Å². The number of carbonyl (C=O) groups excluding carboxylic acids is 1. The highest BCUT2D eigenvalue weighted by atomic mass is 35.5. The van der Waals surface area contributed by atoms with Gasteiger partial charge < -0.3 is 9.74 Å². The summed E-state index contributed by atoms with van der Waals surface area (Å²) in [4.78, 5) is 22.2. The summed E-state index contributed by atoms with van der Waals surface area (Å²) in [6.07, 6.45) is -8.34. The number of halogens is 8. The molecule has 0 N–H and O–H groups in total. The molecule has 2 aromatic rings. The molecule has 0 spiro atoms. The third-order valence-corrected chi connectivity index (χ3v) is 6.93. The fraction of sp³-hybridized carbons (Fsp3) is 0.435. The van der Waals surface area contributed by atoms with Crippen LogP contribution >= 0.6 is 11.6 Å². The normalized spacial score (nSPS) is 23.7. The summed E-state index contributed by atoms with van der Waals surface area (Å²) in [6.45, 7) is -0.317. The molecular formula is C23H17ClF7N3O2. The molecular weight excluding hydrogens is 519 g/mol. The van der Waals surface area contributed by atoms with E-state index in [1.165, 1.54) is 17.0 Å². The van der Waals surface area contributed by atoms with Gasteiger partial charge >= 0.3 is 12.4 Å². The Labute approximate surface area is 204 Å². The molecule has 5 nitrogen and oxygen atoms in total. The smallest absolute Gasteiger partial charge is 0.374 e. The van der Waals surface area contributed by atoms with Crippen LogP contribution in [0.15, 0.2) is 41.7 Å². The van der Waals surface area contributed by atoms with E-state index in [0.717, 1.165) is 31.2 Å². The van der Waals surface area contributed by atoms with Crippen molar-refractivity contribution in [3.8, 4) is 0 Å². The van der Waals surface area contributed by atoms with E-state index in [2.05, 4.69) is 10.1 Å². The van der Waals surface area contributed by atoms with Gasteiger partial charge in [-0.05, 0) is 37.1 Å². The van der Waals surface area contributed by atoms with Gasteiger partial charge in [-0.25, -0.2) is 4.39 Å². The van der Waals surface area contributed by atoms with Crippen molar-refractivity contribution >= 4 is 23.2 Å². The Morgan fingerprint density at radius 2 is 1.78 bits per heavy atom. The van der Waals surface area contributed by atoms with Crippen molar-refractivity contribution in [2.45, 2.75) is 42.9 Å². The van der Waals surface area contributed by atoms with Gasteiger partial charge in [0.25, 0.3) is 5.60 Å². The minimum atomic E-state index is -5.13. The molecule has 36 heavy (non-hydrogen) atoms. The van der Waals surface area contributed by atoms with E-state index < -0.39 is 46.2 Å². The third kappa shape index (κ3) is 4.08. The van der Waals surface area contributed by atoms with Gasteiger partial charge in [0.1, 0.15) is 0 Å². The Morgan fingerprint density at radius 1 is 1.08 bits per heavy atom. The molecule has 3 aliphatic rings. The number of carbonyl (C=O) groups is 1. The van der Waals surface area contributed by atoms with E-state index in [-0.39, 0.29) is 41.9 Å². The number of oxime groups is 1. The highest BCUT2D eigenvalue weighted by Crippen LogP contribution is 2.50. The van der Waals surface area contributed by atoms with E-state index >= 15 is 4.39 Å². The second-order valence-electron chi connectivity index (χ2n) is 9.19. The van der Waals surface area contributed by atoms with Gasteiger partial charge in [-0.15, -0.1) is 0 Å². The topological polar surface area (TPSA) is 54.8 Å². The van der Waals surface area contributed by atoms with Gasteiger partial charge in [0.15, 0.2) is 5.67 Å². The molecule has 1 atom stereocenters. The van der Waals surface area contributed by atoms with Crippen molar-refractivity contribution in [3.63, 3.8) is 0 Å². The van der Waals surface area contributed by atoms with Crippen LogP contribution in [-0.2, 0) is 27.1 Å². The van der Waals surface area contributed by atoms with E-state index in [0.29, 0.717) is 6.07 Å². The monoisotopic (exact) mass is 535 g/mol. The lowest BCUT2D eigenvalue weighted by atomic mass is 9.85. The summed E-state index contributed by atoms with van der Waals surface area (Å²) in [5.74, 6) is -0.149. The second kappa shape index (κ2) is 8.06. The van der Waals surface area contributed by atoms with Crippen LogP contribution in [0.5, 0.6) is 0 Å². The van der Waals surface area contributed by atoms with Crippen LogP contribution in [-0.4, -0.2) is 40.8 Å². The lowest BCUT2D eigenvalue weighted by Crippen LogP contribution is -2.59. The molecule has 192 valence electrons. The molecule has 0 radical (unpaired) electrons. The molecule has 2 aliphatic heterocycles. The summed E-state index contributed by atoms with van der Waals surface area (Å²) in [6, 6.07) is 4.43. The maximum absolute atomic E-state index is 15.1. The number of benzene rings is 1. The summed E-state index contributed by atoms with van der Waals surface area (Å²) in [5.41, 5.74) is -7.41. The van der Waals surface area contributed by atoms with Crippen LogP contribution in [0.4, 0.5) is 30.7 Å². The van der Waals surface area contributed by atoms with E-state index in [9.17, 15) is 31.1 Å². The van der Waals surface area contributed by atoms with E-state index in [1.807, 2.05) is 0 Å². The van der Waals surface area contributed by atoms with Crippen molar-refractivity contribution in [2.24, 2.45) is 11.1 Å². The van der Waals surface area contributed by atoms with Crippen LogP contribution in [0.1, 0.15) is 41.6 Å². The molecule has 1 aliphatic carbocycles. The molecule has 2 fully saturated rings. The van der Waals surface area contributed by atoms with E-state index in [1.54, 1.807) is 0 Å². The molecule has 0 bridgehead atoms. The van der Waals surface area contributed by atoms with Crippen LogP contribution in [0.25, 0.3) is 0 Å². The number of hydrogen-bond acceptors (Lipinski definition) is 4. The number of alkyl halides is 7. The molecule has 1 aromatic carbocycles. The van der Waals surface area contributed by atoms with Crippen molar-refractivity contribution < 1.29 is 40.4 Å². The molecule has 1 saturated heterocycles. The van der Waals surface area contributed by atoms with Gasteiger partial charge in [-0.3, -0.25) is 9.78 Å². The number of amides is 1. The number of aromatic nitrogens is 1. The standard InChI is InChI=1S/C23H17ClF7N3O2/c24-16-5-4-14(7-15(16)22(26,27)28)21(23(29,30)31)8-17(33-36-21)13-3-6-18(32-9-13)20(25)10-34(11-20)19(35)12-1-2-12/h3-7,9,12H,1-2,8,10-11H2. The van der Waals surface area contributed by atoms with Crippen LogP contribution in [0.3, 0.4) is 0 Å². The van der Waals surface area contributed by atoms with Crippen molar-refractivity contribution in [1.82, 2.24) is 9.88 Å². The third-order valence-electron chi connectivity index (χ3n) is 6.60. The quantitative estimate of drug-likeness (QED) is 0.468. The number of rotatable bonds is 4. The number of pyridine rings is 1. The highest BCUT2D eigenvalue weighted by molar-refractivity contribution is 6.31. The first-order valence-corrected chi connectivity index (χ1v) is 11.2. The maximum atomic E-state index is 15.1. The molecule has 5 rings (SSSR count). The summed E-state index contributed by atoms with van der Waals surface area (Å²) in [5, 5.41) is 2.75. The molecule has 3 heterocycles. The lowest BCUT2D eigenvalue weighted by molar-refractivity contribution is -0.276. The summed E-state index contributed by atoms with van der Waals surface area (Å²) in [7, 11) is 0. The summed E-state index contributed by atoms with van der Waals surface area (Å²) < 4.78 is 97.4. The van der Waals surface area contributed by atoms with Crippen LogP contribution < -0.4 is 0 Å². The predicted octanol–water partition coefficient (Wildman–Crippen LogP) is 5.75. The predicted molar refractivity (Wildman–Crippen MR) is 113 cm³/mol. The first-order chi connectivity index (χ1) is 16.7. The van der Waals surface area contributed by atoms with Crippen LogP contribution in [0, 0.1) is 5.92 Å². The van der Waals surface area contributed by atoms with Gasteiger partial charge in [0.05, 0.1) is 41.5 Å². The van der Waals surface area contributed by atoms with Gasteiger partial charge in [0.2, 0.25) is 5.91 Å².